The third-order valence-corrected chi connectivity index (χ3v) is 3.27. The van der Waals surface area contributed by atoms with E-state index in [1.165, 1.54) is 6.92 Å². The Morgan fingerprint density at radius 3 is 2.32 bits per heavy atom. The fourth-order valence-corrected chi connectivity index (χ4v) is 2.15. The summed E-state index contributed by atoms with van der Waals surface area (Å²) in [6.45, 7) is 3.26. The van der Waals surface area contributed by atoms with E-state index in [9.17, 15) is 14.4 Å². The van der Waals surface area contributed by atoms with E-state index in [4.69, 9.17) is 9.47 Å². The average molecular weight is 341 g/mol. The van der Waals surface area contributed by atoms with Gasteiger partial charge >= 0.3 is 5.97 Å². The number of rotatable bonds is 7. The summed E-state index contributed by atoms with van der Waals surface area (Å²) in [6, 6.07) is 13.1. The third kappa shape index (κ3) is 5.17. The molecule has 0 saturated heterocycles. The number of para-hydroxylation sites is 1. The number of hydrogen-bond donors (Lipinski definition) is 1. The van der Waals surface area contributed by atoms with Crippen LogP contribution in [-0.2, 0) is 9.53 Å². The fraction of sp³-hybridized carbons (Fsp3) is 0.211. The molecule has 130 valence electrons. The molecule has 0 aliphatic carbocycles. The zero-order valence-corrected chi connectivity index (χ0v) is 14.1. The number of esters is 1. The molecule has 2 rings (SSSR count). The zero-order chi connectivity index (χ0) is 18.2. The average Bonchev–Trinajstić information content (AvgIpc) is 2.60. The quantitative estimate of drug-likeness (QED) is 0.618. The van der Waals surface area contributed by atoms with E-state index in [2.05, 4.69) is 5.32 Å². The first-order valence-corrected chi connectivity index (χ1v) is 7.81. The molecule has 25 heavy (non-hydrogen) atoms. The Morgan fingerprint density at radius 1 is 1.00 bits per heavy atom. The van der Waals surface area contributed by atoms with Gasteiger partial charge in [-0.2, -0.15) is 0 Å². The van der Waals surface area contributed by atoms with Crippen LogP contribution in [0.5, 0.6) is 5.75 Å². The van der Waals surface area contributed by atoms with Crippen LogP contribution < -0.4 is 10.1 Å². The lowest BCUT2D eigenvalue weighted by Crippen LogP contribution is -2.15. The van der Waals surface area contributed by atoms with Gasteiger partial charge in [0.15, 0.2) is 12.4 Å². The minimum atomic E-state index is -0.618. The van der Waals surface area contributed by atoms with Crippen LogP contribution in [0.25, 0.3) is 0 Å². The van der Waals surface area contributed by atoms with Crippen molar-refractivity contribution in [3.63, 3.8) is 0 Å². The molecule has 1 amide bonds. The number of hydrogen-bond acceptors (Lipinski definition) is 5. The van der Waals surface area contributed by atoms with Crippen molar-refractivity contribution in [3.8, 4) is 5.75 Å². The first-order chi connectivity index (χ1) is 12.0. The van der Waals surface area contributed by atoms with Crippen LogP contribution in [0.1, 0.15) is 34.6 Å². The number of ketones is 1. The lowest BCUT2D eigenvalue weighted by atomic mass is 10.1. The number of amides is 1. The number of carbonyl (C=O) groups is 3. The summed E-state index contributed by atoms with van der Waals surface area (Å²) >= 11 is 0. The molecule has 0 aromatic heterocycles. The Balaban J connectivity index is 1.97. The Bertz CT molecular complexity index is 768. The molecule has 2 aromatic rings. The van der Waals surface area contributed by atoms with Crippen molar-refractivity contribution in [2.45, 2.75) is 13.8 Å². The molecule has 0 aliphatic rings. The van der Waals surface area contributed by atoms with Crippen LogP contribution in [-0.4, -0.2) is 30.9 Å². The largest absolute Gasteiger partial charge is 0.493 e. The van der Waals surface area contributed by atoms with E-state index >= 15 is 0 Å². The van der Waals surface area contributed by atoms with Gasteiger partial charge in [0.25, 0.3) is 0 Å². The van der Waals surface area contributed by atoms with Crippen LogP contribution in [0.4, 0.5) is 5.69 Å². The molecule has 0 aliphatic heterocycles. The number of anilines is 1. The van der Waals surface area contributed by atoms with Crippen molar-refractivity contribution >= 4 is 23.3 Å². The van der Waals surface area contributed by atoms with E-state index in [-0.39, 0.29) is 23.9 Å². The first-order valence-electron chi connectivity index (χ1n) is 7.81. The second kappa shape index (κ2) is 8.63. The van der Waals surface area contributed by atoms with Gasteiger partial charge in [-0.15, -0.1) is 0 Å². The Labute approximate surface area is 145 Å². The van der Waals surface area contributed by atoms with Crippen molar-refractivity contribution in [1.29, 1.82) is 0 Å². The Morgan fingerprint density at radius 2 is 1.68 bits per heavy atom. The highest BCUT2D eigenvalue weighted by molar-refractivity contribution is 6.00. The standard InChI is InChI=1S/C19H19NO5/c1-3-24-18-7-5-4-6-16(18)19(23)25-12-17(22)14-8-10-15(11-9-14)20-13(2)21/h4-11H,3,12H2,1-2H3,(H,20,21). The molecule has 2 aromatic carbocycles. The molecule has 6 nitrogen and oxygen atoms in total. The first kappa shape index (κ1) is 18.2. The van der Waals surface area contributed by atoms with Crippen molar-refractivity contribution in [1.82, 2.24) is 0 Å². The van der Waals surface area contributed by atoms with Gasteiger partial charge in [-0.1, -0.05) is 12.1 Å². The molecular formula is C19H19NO5. The predicted molar refractivity (Wildman–Crippen MR) is 93.0 cm³/mol. The van der Waals surface area contributed by atoms with Crippen molar-refractivity contribution < 1.29 is 23.9 Å². The van der Waals surface area contributed by atoms with E-state index in [1.54, 1.807) is 48.5 Å². The summed E-state index contributed by atoms with van der Waals surface area (Å²) < 4.78 is 10.5. The molecule has 0 spiro atoms. The maximum Gasteiger partial charge on any atom is 0.342 e. The molecule has 0 atom stereocenters. The molecule has 0 heterocycles. The minimum Gasteiger partial charge on any atom is -0.493 e. The highest BCUT2D eigenvalue weighted by atomic mass is 16.5. The molecule has 0 radical (unpaired) electrons. The predicted octanol–water partition coefficient (Wildman–Crippen LogP) is 3.08. The van der Waals surface area contributed by atoms with Crippen molar-refractivity contribution in [3.05, 3.63) is 59.7 Å². The van der Waals surface area contributed by atoms with E-state index < -0.39 is 5.97 Å². The summed E-state index contributed by atoms with van der Waals surface area (Å²) in [4.78, 5) is 35.3. The van der Waals surface area contributed by atoms with Crippen molar-refractivity contribution in [2.24, 2.45) is 0 Å². The van der Waals surface area contributed by atoms with Gasteiger partial charge in [0, 0.05) is 18.2 Å². The number of benzene rings is 2. The van der Waals surface area contributed by atoms with Crippen LogP contribution in [0, 0.1) is 0 Å². The molecule has 0 bridgehead atoms. The van der Waals surface area contributed by atoms with Gasteiger partial charge in [-0.3, -0.25) is 9.59 Å². The number of nitrogens with one attached hydrogen (secondary N) is 1. The molecule has 0 saturated carbocycles. The SMILES string of the molecule is CCOc1ccccc1C(=O)OCC(=O)c1ccc(NC(C)=O)cc1. The van der Waals surface area contributed by atoms with Crippen molar-refractivity contribution in [2.75, 3.05) is 18.5 Å². The van der Waals surface area contributed by atoms with Gasteiger partial charge in [0.2, 0.25) is 5.91 Å². The normalized spacial score (nSPS) is 10.0. The summed E-state index contributed by atoms with van der Waals surface area (Å²) in [7, 11) is 0. The third-order valence-electron chi connectivity index (χ3n) is 3.27. The molecular weight excluding hydrogens is 322 g/mol. The summed E-state index contributed by atoms with van der Waals surface area (Å²) in [6.07, 6.45) is 0. The zero-order valence-electron chi connectivity index (χ0n) is 14.1. The van der Waals surface area contributed by atoms with Crippen LogP contribution in [0.3, 0.4) is 0 Å². The van der Waals surface area contributed by atoms with Gasteiger partial charge in [0.05, 0.1) is 6.61 Å². The number of ether oxygens (including phenoxy) is 2. The van der Waals surface area contributed by atoms with Gasteiger partial charge in [0.1, 0.15) is 11.3 Å². The summed E-state index contributed by atoms with van der Waals surface area (Å²) in [5.74, 6) is -0.730. The molecule has 1 N–H and O–H groups in total. The highest BCUT2D eigenvalue weighted by Crippen LogP contribution is 2.19. The lowest BCUT2D eigenvalue weighted by molar-refractivity contribution is -0.114. The van der Waals surface area contributed by atoms with Crippen LogP contribution >= 0.6 is 0 Å². The monoisotopic (exact) mass is 341 g/mol. The molecule has 6 heteroatoms. The van der Waals surface area contributed by atoms with Crippen LogP contribution in [0.2, 0.25) is 0 Å². The highest BCUT2D eigenvalue weighted by Gasteiger charge is 2.15. The maximum atomic E-state index is 12.1. The summed E-state index contributed by atoms with van der Waals surface area (Å²) in [5.41, 5.74) is 1.25. The number of carbonyl (C=O) groups excluding carboxylic acids is 3. The van der Waals surface area contributed by atoms with E-state index in [1.807, 2.05) is 6.92 Å². The van der Waals surface area contributed by atoms with E-state index in [0.29, 0.717) is 23.6 Å². The fourth-order valence-electron chi connectivity index (χ4n) is 2.15. The second-order valence-corrected chi connectivity index (χ2v) is 5.19. The molecule has 0 fully saturated rings. The second-order valence-electron chi connectivity index (χ2n) is 5.19. The maximum absolute atomic E-state index is 12.1. The number of Topliss-reactive ketones (excluding diaryl/α,β-unsaturated/α-hetero) is 1. The smallest absolute Gasteiger partial charge is 0.342 e. The topological polar surface area (TPSA) is 81.7 Å². The molecule has 0 unspecified atom stereocenters. The van der Waals surface area contributed by atoms with Crippen LogP contribution in [0.15, 0.2) is 48.5 Å². The Kier molecular flexibility index (Phi) is 6.28. The lowest BCUT2D eigenvalue weighted by Gasteiger charge is -2.09. The Hall–Kier alpha value is -3.15. The van der Waals surface area contributed by atoms with E-state index in [0.717, 1.165) is 0 Å². The van der Waals surface area contributed by atoms with Gasteiger partial charge in [-0.05, 0) is 43.3 Å². The van der Waals surface area contributed by atoms with Gasteiger partial charge in [-0.25, -0.2) is 4.79 Å². The van der Waals surface area contributed by atoms with Gasteiger partial charge < -0.3 is 14.8 Å². The minimum absolute atomic E-state index is 0.194. The summed E-state index contributed by atoms with van der Waals surface area (Å²) in [5, 5.41) is 2.61.